The van der Waals surface area contributed by atoms with Gasteiger partial charge in [0.15, 0.2) is 0 Å². The second kappa shape index (κ2) is 4.74. The summed E-state index contributed by atoms with van der Waals surface area (Å²) in [4.78, 5) is 10.4. The lowest BCUT2D eigenvalue weighted by Crippen LogP contribution is -2.07. The van der Waals surface area contributed by atoms with Gasteiger partial charge in [-0.25, -0.2) is 4.39 Å². The number of carboxylic acids is 1. The van der Waals surface area contributed by atoms with E-state index in [2.05, 4.69) is 0 Å². The van der Waals surface area contributed by atoms with E-state index in [0.717, 1.165) is 0 Å². The van der Waals surface area contributed by atoms with E-state index in [0.29, 0.717) is 12.0 Å². The van der Waals surface area contributed by atoms with Gasteiger partial charge in [-0.3, -0.25) is 4.79 Å². The van der Waals surface area contributed by atoms with Crippen LogP contribution in [0.2, 0.25) is 0 Å². The van der Waals surface area contributed by atoms with Gasteiger partial charge < -0.3 is 5.11 Å². The van der Waals surface area contributed by atoms with Crippen molar-refractivity contribution in [3.05, 3.63) is 35.6 Å². The summed E-state index contributed by atoms with van der Waals surface area (Å²) in [6.07, 6.45) is 0.549. The van der Waals surface area contributed by atoms with Crippen LogP contribution in [0.4, 0.5) is 4.39 Å². The third-order valence-corrected chi connectivity index (χ3v) is 2.05. The van der Waals surface area contributed by atoms with Crippen LogP contribution in [0.25, 0.3) is 0 Å². The van der Waals surface area contributed by atoms with Crippen LogP contribution in [0.1, 0.15) is 18.9 Å². The van der Waals surface area contributed by atoms with E-state index in [9.17, 15) is 9.18 Å². The second-order valence-corrected chi connectivity index (χ2v) is 3.50. The molecule has 0 fully saturated rings. The molecule has 0 radical (unpaired) electrons. The van der Waals surface area contributed by atoms with E-state index in [4.69, 9.17) is 5.11 Å². The summed E-state index contributed by atoms with van der Waals surface area (Å²) in [7, 11) is 0. The van der Waals surface area contributed by atoms with E-state index in [1.165, 1.54) is 6.07 Å². The van der Waals surface area contributed by atoms with Crippen LogP contribution in [0.5, 0.6) is 0 Å². The zero-order chi connectivity index (χ0) is 10.6. The standard InChI is InChI=1S/C11H13FO2/c1-8(7-11(13)14)6-9-4-2-3-5-10(9)12/h2-5,8H,6-7H2,1H3,(H,13,14)/t8-/m1/s1. The molecule has 0 spiro atoms. The predicted molar refractivity (Wildman–Crippen MR) is 51.5 cm³/mol. The summed E-state index contributed by atoms with van der Waals surface area (Å²) in [5.41, 5.74) is 0.584. The van der Waals surface area contributed by atoms with Crippen molar-refractivity contribution >= 4 is 5.97 Å². The second-order valence-electron chi connectivity index (χ2n) is 3.50. The molecule has 1 aromatic rings. The number of benzene rings is 1. The molecule has 0 aliphatic rings. The lowest BCUT2D eigenvalue weighted by Gasteiger charge is -2.08. The lowest BCUT2D eigenvalue weighted by atomic mass is 9.98. The average Bonchev–Trinajstić information content (AvgIpc) is 2.07. The lowest BCUT2D eigenvalue weighted by molar-refractivity contribution is -0.137. The third-order valence-electron chi connectivity index (χ3n) is 2.05. The Bertz CT molecular complexity index is 323. The van der Waals surface area contributed by atoms with Gasteiger partial charge in [-0.1, -0.05) is 25.1 Å². The molecule has 3 heteroatoms. The quantitative estimate of drug-likeness (QED) is 0.803. The molecule has 1 aromatic carbocycles. The number of hydrogen-bond donors (Lipinski definition) is 1. The van der Waals surface area contributed by atoms with Crippen molar-refractivity contribution in [2.75, 3.05) is 0 Å². The van der Waals surface area contributed by atoms with Crippen LogP contribution in [0.3, 0.4) is 0 Å². The number of halogens is 1. The highest BCUT2D eigenvalue weighted by molar-refractivity contribution is 5.67. The molecule has 0 heterocycles. The maximum Gasteiger partial charge on any atom is 0.303 e. The average molecular weight is 196 g/mol. The Morgan fingerprint density at radius 2 is 2.14 bits per heavy atom. The highest BCUT2D eigenvalue weighted by Gasteiger charge is 2.10. The molecule has 0 saturated heterocycles. The molecule has 1 atom stereocenters. The highest BCUT2D eigenvalue weighted by atomic mass is 19.1. The first-order valence-electron chi connectivity index (χ1n) is 4.55. The van der Waals surface area contributed by atoms with Crippen LogP contribution in [0, 0.1) is 11.7 Å². The van der Waals surface area contributed by atoms with Crippen molar-refractivity contribution in [1.82, 2.24) is 0 Å². The maximum atomic E-state index is 13.1. The molecule has 14 heavy (non-hydrogen) atoms. The molecule has 0 bridgehead atoms. The Kier molecular flexibility index (Phi) is 3.63. The number of hydrogen-bond acceptors (Lipinski definition) is 1. The third kappa shape index (κ3) is 3.17. The van der Waals surface area contributed by atoms with E-state index in [1.807, 2.05) is 0 Å². The smallest absolute Gasteiger partial charge is 0.303 e. The zero-order valence-corrected chi connectivity index (χ0v) is 8.03. The van der Waals surface area contributed by atoms with Crippen LogP contribution in [0.15, 0.2) is 24.3 Å². The fourth-order valence-electron chi connectivity index (χ4n) is 1.41. The molecule has 2 nitrogen and oxygen atoms in total. The predicted octanol–water partition coefficient (Wildman–Crippen LogP) is 2.48. The van der Waals surface area contributed by atoms with Gasteiger partial charge in [-0.2, -0.15) is 0 Å². The van der Waals surface area contributed by atoms with Gasteiger partial charge in [0.05, 0.1) is 0 Å². The molecule has 1 rings (SSSR count). The summed E-state index contributed by atoms with van der Waals surface area (Å²) >= 11 is 0. The summed E-state index contributed by atoms with van der Waals surface area (Å²) in [6, 6.07) is 6.46. The normalized spacial score (nSPS) is 12.4. The Morgan fingerprint density at radius 3 is 2.71 bits per heavy atom. The fraction of sp³-hybridized carbons (Fsp3) is 0.364. The molecular formula is C11H13FO2. The first-order chi connectivity index (χ1) is 6.59. The van der Waals surface area contributed by atoms with Gasteiger partial charge in [0.2, 0.25) is 0 Å². The molecule has 76 valence electrons. The van der Waals surface area contributed by atoms with Crippen molar-refractivity contribution in [1.29, 1.82) is 0 Å². The highest BCUT2D eigenvalue weighted by Crippen LogP contribution is 2.14. The van der Waals surface area contributed by atoms with E-state index >= 15 is 0 Å². The van der Waals surface area contributed by atoms with Crippen molar-refractivity contribution in [2.24, 2.45) is 5.92 Å². The Balaban J connectivity index is 2.60. The van der Waals surface area contributed by atoms with Gasteiger partial charge in [0.25, 0.3) is 0 Å². The van der Waals surface area contributed by atoms with Crippen molar-refractivity contribution in [3.63, 3.8) is 0 Å². The monoisotopic (exact) mass is 196 g/mol. The van der Waals surface area contributed by atoms with Crippen LogP contribution in [-0.4, -0.2) is 11.1 Å². The van der Waals surface area contributed by atoms with Crippen LogP contribution < -0.4 is 0 Å². The van der Waals surface area contributed by atoms with E-state index in [1.54, 1.807) is 25.1 Å². The molecule has 0 aliphatic heterocycles. The number of aliphatic carboxylic acids is 1. The first kappa shape index (κ1) is 10.7. The number of carboxylic acid groups (broad SMARTS) is 1. The molecule has 1 N–H and O–H groups in total. The van der Waals surface area contributed by atoms with Crippen molar-refractivity contribution < 1.29 is 14.3 Å². The van der Waals surface area contributed by atoms with E-state index in [-0.39, 0.29) is 18.2 Å². The first-order valence-corrected chi connectivity index (χ1v) is 4.55. The SMILES string of the molecule is C[C@@H](CC(=O)O)Cc1ccccc1F. The minimum atomic E-state index is -0.839. The van der Waals surface area contributed by atoms with Crippen LogP contribution in [-0.2, 0) is 11.2 Å². The summed E-state index contributed by atoms with van der Waals surface area (Å²) in [6.45, 7) is 1.81. The molecule has 0 aliphatic carbocycles. The molecule has 0 amide bonds. The number of carbonyl (C=O) groups is 1. The molecule has 0 saturated carbocycles. The summed E-state index contributed by atoms with van der Waals surface area (Å²) in [5.74, 6) is -1.14. The van der Waals surface area contributed by atoms with Gasteiger partial charge in [-0.05, 0) is 24.0 Å². The topological polar surface area (TPSA) is 37.3 Å². The van der Waals surface area contributed by atoms with Gasteiger partial charge >= 0.3 is 5.97 Å². The van der Waals surface area contributed by atoms with Crippen molar-refractivity contribution in [3.8, 4) is 0 Å². The minimum Gasteiger partial charge on any atom is -0.481 e. The minimum absolute atomic E-state index is 0.0376. The molecular weight excluding hydrogens is 183 g/mol. The molecule has 0 aromatic heterocycles. The number of rotatable bonds is 4. The van der Waals surface area contributed by atoms with Gasteiger partial charge in [0, 0.05) is 6.42 Å². The molecule has 0 unspecified atom stereocenters. The Hall–Kier alpha value is -1.38. The van der Waals surface area contributed by atoms with Crippen LogP contribution >= 0.6 is 0 Å². The Morgan fingerprint density at radius 1 is 1.50 bits per heavy atom. The van der Waals surface area contributed by atoms with E-state index < -0.39 is 5.97 Å². The maximum absolute atomic E-state index is 13.1. The zero-order valence-electron chi connectivity index (χ0n) is 8.03. The summed E-state index contributed by atoms with van der Waals surface area (Å²) < 4.78 is 13.1. The van der Waals surface area contributed by atoms with Gasteiger partial charge in [0.1, 0.15) is 5.82 Å². The fourth-order valence-corrected chi connectivity index (χ4v) is 1.41. The summed E-state index contributed by atoms with van der Waals surface area (Å²) in [5, 5.41) is 8.54. The van der Waals surface area contributed by atoms with Gasteiger partial charge in [-0.15, -0.1) is 0 Å². The largest absolute Gasteiger partial charge is 0.481 e. The Labute approximate surface area is 82.4 Å². The van der Waals surface area contributed by atoms with Crippen molar-refractivity contribution in [2.45, 2.75) is 19.8 Å².